The second-order valence-electron chi connectivity index (χ2n) is 5.76. The number of aliphatic hydroxyl groups excluding tert-OH is 1. The molecule has 1 aliphatic rings. The fourth-order valence-electron chi connectivity index (χ4n) is 2.63. The number of hydrogen-bond acceptors (Lipinski definition) is 3. The Morgan fingerprint density at radius 3 is 2.68 bits per heavy atom. The monoisotopic (exact) mass is 324 g/mol. The van der Waals surface area contributed by atoms with Crippen LogP contribution in [0.15, 0.2) is 18.2 Å². The minimum atomic E-state index is -0.754. The standard InChI is InChI=1S/C16H21ClN2O3/c1-10-6-7-13(12(17)8-10)19-16(22)15(21)18-9-11-4-2-3-5-14(11)20/h6-8,11,14,20H,2-5,9H2,1H3,(H,18,21)(H,19,22). The summed E-state index contributed by atoms with van der Waals surface area (Å²) in [6.07, 6.45) is 3.28. The summed E-state index contributed by atoms with van der Waals surface area (Å²) in [5.41, 5.74) is 1.38. The van der Waals surface area contributed by atoms with E-state index < -0.39 is 17.9 Å². The molecule has 1 saturated carbocycles. The zero-order valence-electron chi connectivity index (χ0n) is 12.6. The lowest BCUT2D eigenvalue weighted by Gasteiger charge is -2.27. The average Bonchev–Trinajstić information content (AvgIpc) is 2.49. The quantitative estimate of drug-likeness (QED) is 0.746. The van der Waals surface area contributed by atoms with Gasteiger partial charge in [0.1, 0.15) is 0 Å². The SMILES string of the molecule is Cc1ccc(NC(=O)C(=O)NCC2CCCCC2O)c(Cl)c1. The van der Waals surface area contributed by atoms with Crippen LogP contribution < -0.4 is 10.6 Å². The normalized spacial score (nSPS) is 21.2. The Balaban J connectivity index is 1.85. The maximum Gasteiger partial charge on any atom is 0.313 e. The van der Waals surface area contributed by atoms with Crippen molar-refractivity contribution in [3.8, 4) is 0 Å². The Bertz CT molecular complexity index is 562. The number of benzene rings is 1. The van der Waals surface area contributed by atoms with Crippen molar-refractivity contribution in [2.75, 3.05) is 11.9 Å². The van der Waals surface area contributed by atoms with Crippen molar-refractivity contribution in [2.45, 2.75) is 38.7 Å². The van der Waals surface area contributed by atoms with Crippen molar-refractivity contribution in [3.05, 3.63) is 28.8 Å². The minimum absolute atomic E-state index is 0.0217. The van der Waals surface area contributed by atoms with Gasteiger partial charge in [0.2, 0.25) is 0 Å². The molecule has 0 radical (unpaired) electrons. The molecule has 2 atom stereocenters. The van der Waals surface area contributed by atoms with Gasteiger partial charge < -0.3 is 15.7 Å². The predicted molar refractivity (Wildman–Crippen MR) is 85.8 cm³/mol. The van der Waals surface area contributed by atoms with Crippen molar-refractivity contribution in [2.24, 2.45) is 5.92 Å². The number of carbonyl (C=O) groups is 2. The summed E-state index contributed by atoms with van der Waals surface area (Å²) in [6, 6.07) is 5.18. The van der Waals surface area contributed by atoms with Gasteiger partial charge in [-0.05, 0) is 37.5 Å². The third kappa shape index (κ3) is 4.45. The maximum absolute atomic E-state index is 11.9. The van der Waals surface area contributed by atoms with Crippen LogP contribution in [0.3, 0.4) is 0 Å². The number of amides is 2. The number of nitrogens with one attached hydrogen (secondary N) is 2. The molecule has 5 nitrogen and oxygen atoms in total. The molecule has 1 aromatic carbocycles. The molecule has 0 spiro atoms. The van der Waals surface area contributed by atoms with Crippen LogP contribution in [0.25, 0.3) is 0 Å². The molecule has 3 N–H and O–H groups in total. The van der Waals surface area contributed by atoms with Crippen LogP contribution in [0.4, 0.5) is 5.69 Å². The summed E-state index contributed by atoms with van der Waals surface area (Å²) < 4.78 is 0. The van der Waals surface area contributed by atoms with Gasteiger partial charge in [-0.25, -0.2) is 0 Å². The summed E-state index contributed by atoms with van der Waals surface area (Å²) in [6.45, 7) is 2.20. The van der Waals surface area contributed by atoms with E-state index in [2.05, 4.69) is 10.6 Å². The van der Waals surface area contributed by atoms with E-state index in [9.17, 15) is 14.7 Å². The van der Waals surface area contributed by atoms with Gasteiger partial charge in [0.05, 0.1) is 16.8 Å². The van der Waals surface area contributed by atoms with Gasteiger partial charge in [-0.2, -0.15) is 0 Å². The summed E-state index contributed by atoms with van der Waals surface area (Å²) in [5, 5.41) is 15.3. The van der Waals surface area contributed by atoms with E-state index in [1.165, 1.54) is 0 Å². The zero-order chi connectivity index (χ0) is 16.1. The van der Waals surface area contributed by atoms with Crippen molar-refractivity contribution in [3.63, 3.8) is 0 Å². The Labute approximate surface area is 135 Å². The van der Waals surface area contributed by atoms with E-state index in [4.69, 9.17) is 11.6 Å². The fourth-order valence-corrected chi connectivity index (χ4v) is 2.91. The van der Waals surface area contributed by atoms with Crippen LogP contribution in [-0.4, -0.2) is 29.6 Å². The minimum Gasteiger partial charge on any atom is -0.393 e. The Morgan fingerprint density at radius 1 is 1.27 bits per heavy atom. The zero-order valence-corrected chi connectivity index (χ0v) is 13.3. The molecule has 2 amide bonds. The summed E-state index contributed by atoms with van der Waals surface area (Å²) >= 11 is 6.02. The second-order valence-corrected chi connectivity index (χ2v) is 6.17. The number of aliphatic hydroxyl groups is 1. The number of hydrogen-bond donors (Lipinski definition) is 3. The summed E-state index contributed by atoms with van der Waals surface area (Å²) in [4.78, 5) is 23.7. The Morgan fingerprint density at radius 2 is 2.00 bits per heavy atom. The van der Waals surface area contributed by atoms with Crippen molar-refractivity contribution in [1.29, 1.82) is 0 Å². The molecule has 0 saturated heterocycles. The van der Waals surface area contributed by atoms with Gasteiger partial charge in [0.25, 0.3) is 0 Å². The lowest BCUT2D eigenvalue weighted by atomic mass is 9.86. The van der Waals surface area contributed by atoms with E-state index >= 15 is 0 Å². The van der Waals surface area contributed by atoms with Crippen molar-refractivity contribution in [1.82, 2.24) is 5.32 Å². The van der Waals surface area contributed by atoms with E-state index in [0.29, 0.717) is 17.3 Å². The van der Waals surface area contributed by atoms with Crippen LogP contribution in [0.5, 0.6) is 0 Å². The van der Waals surface area contributed by atoms with Crippen LogP contribution in [0.1, 0.15) is 31.2 Å². The van der Waals surface area contributed by atoms with Gasteiger partial charge in [-0.15, -0.1) is 0 Å². The van der Waals surface area contributed by atoms with Crippen LogP contribution in [-0.2, 0) is 9.59 Å². The Hall–Kier alpha value is -1.59. The van der Waals surface area contributed by atoms with E-state index in [-0.39, 0.29) is 5.92 Å². The summed E-state index contributed by atoms with van der Waals surface area (Å²) in [5.74, 6) is -1.45. The van der Waals surface area contributed by atoms with Gasteiger partial charge in [0, 0.05) is 12.5 Å². The first-order valence-corrected chi connectivity index (χ1v) is 7.88. The van der Waals surface area contributed by atoms with Gasteiger partial charge in [0.15, 0.2) is 0 Å². The molecule has 2 rings (SSSR count). The molecule has 0 aromatic heterocycles. The molecular formula is C16H21ClN2O3. The molecule has 120 valence electrons. The fraction of sp³-hybridized carbons (Fsp3) is 0.500. The van der Waals surface area contributed by atoms with Crippen LogP contribution in [0.2, 0.25) is 5.02 Å². The van der Waals surface area contributed by atoms with Crippen LogP contribution >= 0.6 is 11.6 Å². The highest BCUT2D eigenvalue weighted by Gasteiger charge is 2.24. The largest absolute Gasteiger partial charge is 0.393 e. The highest BCUT2D eigenvalue weighted by Crippen LogP contribution is 2.24. The molecule has 6 heteroatoms. The number of anilines is 1. The molecular weight excluding hydrogens is 304 g/mol. The van der Waals surface area contributed by atoms with Gasteiger partial charge >= 0.3 is 11.8 Å². The molecule has 2 unspecified atom stereocenters. The number of halogens is 1. The first-order chi connectivity index (χ1) is 10.5. The predicted octanol–water partition coefficient (Wildman–Crippen LogP) is 2.25. The topological polar surface area (TPSA) is 78.4 Å². The van der Waals surface area contributed by atoms with E-state index in [1.54, 1.807) is 18.2 Å². The first kappa shape index (κ1) is 16.8. The van der Waals surface area contributed by atoms with Crippen LogP contribution in [0, 0.1) is 12.8 Å². The highest BCUT2D eigenvalue weighted by molar-refractivity contribution is 6.41. The first-order valence-electron chi connectivity index (χ1n) is 7.51. The molecule has 0 heterocycles. The number of carbonyl (C=O) groups excluding carboxylic acids is 2. The third-order valence-corrected chi connectivity index (χ3v) is 4.29. The molecule has 1 aliphatic carbocycles. The van der Waals surface area contributed by atoms with E-state index in [0.717, 1.165) is 31.2 Å². The average molecular weight is 325 g/mol. The molecule has 22 heavy (non-hydrogen) atoms. The smallest absolute Gasteiger partial charge is 0.313 e. The van der Waals surface area contributed by atoms with Crippen molar-refractivity contribution < 1.29 is 14.7 Å². The second kappa shape index (κ2) is 7.61. The third-order valence-electron chi connectivity index (χ3n) is 3.97. The number of aryl methyl sites for hydroxylation is 1. The summed E-state index contributed by atoms with van der Waals surface area (Å²) in [7, 11) is 0. The lowest BCUT2D eigenvalue weighted by Crippen LogP contribution is -2.41. The van der Waals surface area contributed by atoms with Gasteiger partial charge in [-0.3, -0.25) is 9.59 Å². The number of rotatable bonds is 3. The maximum atomic E-state index is 11.9. The molecule has 0 aliphatic heterocycles. The molecule has 1 aromatic rings. The molecule has 1 fully saturated rings. The molecule has 0 bridgehead atoms. The van der Waals surface area contributed by atoms with Gasteiger partial charge in [-0.1, -0.05) is 30.5 Å². The van der Waals surface area contributed by atoms with E-state index in [1.807, 2.05) is 6.92 Å². The van der Waals surface area contributed by atoms with Crippen molar-refractivity contribution >= 4 is 29.1 Å². The Kier molecular flexibility index (Phi) is 5.80. The lowest BCUT2D eigenvalue weighted by molar-refractivity contribution is -0.136. The highest BCUT2D eigenvalue weighted by atomic mass is 35.5.